The van der Waals surface area contributed by atoms with Crippen LogP contribution in [0.5, 0.6) is 0 Å². The van der Waals surface area contributed by atoms with Crippen molar-refractivity contribution in [1.82, 2.24) is 19.6 Å². The Morgan fingerprint density at radius 2 is 1.97 bits per heavy atom. The molecule has 1 aliphatic rings. The molecular formula is C24H24N6O2. The van der Waals surface area contributed by atoms with Crippen LogP contribution in [0, 0.1) is 11.3 Å². The lowest BCUT2D eigenvalue weighted by molar-refractivity contribution is 0.155. The van der Waals surface area contributed by atoms with Gasteiger partial charge in [0.05, 0.1) is 11.2 Å². The summed E-state index contributed by atoms with van der Waals surface area (Å²) in [5.74, 6) is 0. The molecule has 162 valence electrons. The number of fused-ring (bicyclic) bond motifs is 2. The molecule has 0 spiro atoms. The Kier molecular flexibility index (Phi) is 4.91. The lowest BCUT2D eigenvalue weighted by Gasteiger charge is -2.45. The van der Waals surface area contributed by atoms with E-state index in [-0.39, 0.29) is 17.6 Å². The average Bonchev–Trinajstić information content (AvgIpc) is 3.21. The van der Waals surface area contributed by atoms with E-state index >= 15 is 0 Å². The fraction of sp³-hybridized carbons (Fsp3) is 0.333. The van der Waals surface area contributed by atoms with Gasteiger partial charge in [0.15, 0.2) is 5.58 Å². The van der Waals surface area contributed by atoms with Crippen molar-refractivity contribution in [2.45, 2.75) is 32.5 Å². The molecule has 1 aromatic carbocycles. The Balaban J connectivity index is 1.47. The number of nitriles is 1. The van der Waals surface area contributed by atoms with Gasteiger partial charge in [-0.1, -0.05) is 17.3 Å². The minimum Gasteiger partial charge on any atom is -0.364 e. The molecule has 1 fully saturated rings. The summed E-state index contributed by atoms with van der Waals surface area (Å²) < 4.78 is 7.06. The number of piperazine rings is 1. The number of aromatic nitrogens is 3. The molecule has 32 heavy (non-hydrogen) atoms. The van der Waals surface area contributed by atoms with Gasteiger partial charge in [0, 0.05) is 50.2 Å². The highest BCUT2D eigenvalue weighted by molar-refractivity contribution is 5.89. The number of hydrogen-bond donors (Lipinski definition) is 0. The van der Waals surface area contributed by atoms with Gasteiger partial charge in [-0.15, -0.1) is 0 Å². The summed E-state index contributed by atoms with van der Waals surface area (Å²) >= 11 is 0. The Morgan fingerprint density at radius 1 is 1.16 bits per heavy atom. The molecule has 5 rings (SSSR count). The molecule has 2 atom stereocenters. The minimum atomic E-state index is -0.0876. The molecule has 0 aliphatic carbocycles. The van der Waals surface area contributed by atoms with Gasteiger partial charge in [0.1, 0.15) is 23.0 Å². The van der Waals surface area contributed by atoms with E-state index in [2.05, 4.69) is 39.9 Å². The van der Waals surface area contributed by atoms with Gasteiger partial charge in [-0.3, -0.25) is 9.69 Å². The van der Waals surface area contributed by atoms with Crippen LogP contribution in [0.1, 0.15) is 25.2 Å². The standard InChI is InChI=1S/C24H24N6O2/c1-15-13-30(21-10-23(31)28(3)20-9-8-17(11-25)26-24(20)21)16(2)12-29(15)14-19-18-6-4-5-7-22(18)32-27-19/h4-10,15-16H,12-14H2,1-3H3/t15-,16+/m1/s1. The molecule has 0 saturated carbocycles. The summed E-state index contributed by atoms with van der Waals surface area (Å²) in [6, 6.07) is 15.5. The molecule has 4 heterocycles. The lowest BCUT2D eigenvalue weighted by Crippen LogP contribution is -2.56. The summed E-state index contributed by atoms with van der Waals surface area (Å²) in [6.45, 7) is 6.56. The summed E-state index contributed by atoms with van der Waals surface area (Å²) in [4.78, 5) is 21.8. The molecule has 8 heteroatoms. The van der Waals surface area contributed by atoms with Crippen LogP contribution >= 0.6 is 0 Å². The first-order valence-corrected chi connectivity index (χ1v) is 10.7. The maximum atomic E-state index is 12.7. The van der Waals surface area contributed by atoms with Gasteiger partial charge in [0.25, 0.3) is 5.56 Å². The van der Waals surface area contributed by atoms with Gasteiger partial charge < -0.3 is 14.0 Å². The van der Waals surface area contributed by atoms with Crippen LogP contribution in [0.4, 0.5) is 5.69 Å². The van der Waals surface area contributed by atoms with Gasteiger partial charge in [-0.25, -0.2) is 4.98 Å². The third kappa shape index (κ3) is 3.31. The van der Waals surface area contributed by atoms with E-state index in [1.807, 2.05) is 24.3 Å². The van der Waals surface area contributed by atoms with Crippen molar-refractivity contribution in [3.05, 3.63) is 64.2 Å². The second-order valence-electron chi connectivity index (χ2n) is 8.51. The predicted octanol–water partition coefficient (Wildman–Crippen LogP) is 3.05. The Labute approximate surface area is 185 Å². The maximum Gasteiger partial charge on any atom is 0.252 e. The zero-order chi connectivity index (χ0) is 22.4. The van der Waals surface area contributed by atoms with Gasteiger partial charge in [-0.05, 0) is 38.1 Å². The van der Waals surface area contributed by atoms with Crippen LogP contribution in [-0.4, -0.2) is 44.8 Å². The van der Waals surface area contributed by atoms with Crippen molar-refractivity contribution in [3.8, 4) is 6.07 Å². The van der Waals surface area contributed by atoms with Gasteiger partial charge >= 0.3 is 0 Å². The van der Waals surface area contributed by atoms with E-state index in [1.165, 1.54) is 0 Å². The van der Waals surface area contributed by atoms with E-state index in [1.54, 1.807) is 29.8 Å². The zero-order valence-corrected chi connectivity index (χ0v) is 18.3. The van der Waals surface area contributed by atoms with Crippen molar-refractivity contribution in [2.75, 3.05) is 18.0 Å². The van der Waals surface area contributed by atoms with E-state index in [0.29, 0.717) is 17.8 Å². The van der Waals surface area contributed by atoms with Crippen LogP contribution < -0.4 is 10.5 Å². The lowest BCUT2D eigenvalue weighted by atomic mass is 10.1. The molecule has 1 aliphatic heterocycles. The largest absolute Gasteiger partial charge is 0.364 e. The molecule has 1 saturated heterocycles. The van der Waals surface area contributed by atoms with Crippen LogP contribution in [0.15, 0.2) is 51.8 Å². The fourth-order valence-electron chi connectivity index (χ4n) is 4.59. The van der Waals surface area contributed by atoms with Crippen LogP contribution in [-0.2, 0) is 13.6 Å². The van der Waals surface area contributed by atoms with Gasteiger partial charge in [0.2, 0.25) is 0 Å². The molecule has 4 aromatic rings. The Hall–Kier alpha value is -3.70. The molecular weight excluding hydrogens is 404 g/mol. The second-order valence-corrected chi connectivity index (χ2v) is 8.51. The maximum absolute atomic E-state index is 12.7. The summed E-state index contributed by atoms with van der Waals surface area (Å²) in [5, 5.41) is 14.7. The number of pyridine rings is 2. The molecule has 0 bridgehead atoms. The number of aryl methyl sites for hydroxylation is 1. The number of rotatable bonds is 3. The number of nitrogens with zero attached hydrogens (tertiary/aromatic N) is 6. The molecule has 3 aromatic heterocycles. The van der Waals surface area contributed by atoms with Crippen molar-refractivity contribution < 1.29 is 4.52 Å². The first-order chi connectivity index (χ1) is 15.5. The van der Waals surface area contributed by atoms with Crippen LogP contribution in [0.2, 0.25) is 0 Å². The van der Waals surface area contributed by atoms with Crippen molar-refractivity contribution in [3.63, 3.8) is 0 Å². The first-order valence-electron chi connectivity index (χ1n) is 10.7. The molecule has 0 unspecified atom stereocenters. The number of benzene rings is 1. The molecule has 8 nitrogen and oxygen atoms in total. The Morgan fingerprint density at radius 3 is 2.78 bits per heavy atom. The average molecular weight is 428 g/mol. The fourth-order valence-corrected chi connectivity index (χ4v) is 4.59. The van der Waals surface area contributed by atoms with Crippen molar-refractivity contribution in [2.24, 2.45) is 7.05 Å². The topological polar surface area (TPSA) is 91.2 Å². The van der Waals surface area contributed by atoms with Gasteiger partial charge in [-0.2, -0.15) is 5.26 Å². The monoisotopic (exact) mass is 428 g/mol. The number of hydrogen-bond acceptors (Lipinski definition) is 7. The SMILES string of the molecule is C[C@@H]1CN(c2cc(=O)n(C)c3ccc(C#N)nc23)[C@@H](C)CN1Cc1noc2ccccc12. The Bertz CT molecular complexity index is 1420. The predicted molar refractivity (Wildman–Crippen MR) is 122 cm³/mol. The quantitative estimate of drug-likeness (QED) is 0.495. The van der Waals surface area contributed by atoms with E-state index < -0.39 is 0 Å². The highest BCUT2D eigenvalue weighted by atomic mass is 16.5. The summed E-state index contributed by atoms with van der Waals surface area (Å²) in [7, 11) is 1.73. The van der Waals surface area contributed by atoms with E-state index in [9.17, 15) is 10.1 Å². The molecule has 0 amide bonds. The minimum absolute atomic E-state index is 0.0876. The molecule has 0 N–H and O–H groups in total. The summed E-state index contributed by atoms with van der Waals surface area (Å²) in [6.07, 6.45) is 0. The van der Waals surface area contributed by atoms with Crippen molar-refractivity contribution >= 4 is 27.7 Å². The normalized spacial score (nSPS) is 19.5. The number of anilines is 1. The third-order valence-electron chi connectivity index (χ3n) is 6.41. The van der Waals surface area contributed by atoms with Crippen LogP contribution in [0.3, 0.4) is 0 Å². The zero-order valence-electron chi connectivity index (χ0n) is 18.3. The van der Waals surface area contributed by atoms with E-state index in [0.717, 1.165) is 41.0 Å². The van der Waals surface area contributed by atoms with E-state index in [4.69, 9.17) is 4.52 Å². The third-order valence-corrected chi connectivity index (χ3v) is 6.41. The first kappa shape index (κ1) is 20.2. The van der Waals surface area contributed by atoms with Crippen LogP contribution in [0.25, 0.3) is 22.0 Å². The number of para-hydroxylation sites is 1. The van der Waals surface area contributed by atoms with Crippen molar-refractivity contribution in [1.29, 1.82) is 5.26 Å². The molecule has 0 radical (unpaired) electrons. The summed E-state index contributed by atoms with van der Waals surface area (Å²) in [5.41, 5.74) is 4.18. The second kappa shape index (κ2) is 7.77. The smallest absolute Gasteiger partial charge is 0.252 e. The highest BCUT2D eigenvalue weighted by Gasteiger charge is 2.31. The highest BCUT2D eigenvalue weighted by Crippen LogP contribution is 2.30.